The lowest BCUT2D eigenvalue weighted by Crippen LogP contribution is -2.33. The molecule has 4 rings (SSSR count). The van der Waals surface area contributed by atoms with Crippen LogP contribution in [0.1, 0.15) is 37.3 Å². The predicted octanol–water partition coefficient (Wildman–Crippen LogP) is 1.26. The van der Waals surface area contributed by atoms with Crippen molar-refractivity contribution in [2.45, 2.75) is 37.8 Å². The number of anilines is 1. The normalized spacial score (nSPS) is 20.4. The number of aromatic amines is 1. The number of aliphatic hydroxyl groups is 1. The smallest absolute Gasteiger partial charge is 0.329 e. The second-order valence-corrected chi connectivity index (χ2v) is 7.79. The van der Waals surface area contributed by atoms with Gasteiger partial charge in [-0.15, -0.1) is 0 Å². The summed E-state index contributed by atoms with van der Waals surface area (Å²) in [5.74, 6) is -1.66. The maximum Gasteiger partial charge on any atom is 0.329 e. The molecule has 1 saturated carbocycles. The fraction of sp³-hybridized carbons (Fsp3) is 0.579. The minimum absolute atomic E-state index is 0.0225. The molecular formula is C19H23F3N4O4. The molecule has 2 aromatic rings. The Hall–Kier alpha value is -2.53. The number of alkyl halides is 2. The number of ether oxygens (including phenoxy) is 1. The van der Waals surface area contributed by atoms with E-state index in [-0.39, 0.29) is 48.5 Å². The average molecular weight is 428 g/mol. The van der Waals surface area contributed by atoms with Crippen molar-refractivity contribution < 1.29 is 23.0 Å². The topological polar surface area (TPSA) is 114 Å². The summed E-state index contributed by atoms with van der Waals surface area (Å²) in [4.78, 5) is 28.5. The SMILES string of the molecule is COc1c(N2CCC(C(O)CN)C2)c(F)c(C(F)F)c2c(=O)[nH]c(=O)n(C3CC3)c12. The monoisotopic (exact) mass is 428 g/mol. The van der Waals surface area contributed by atoms with E-state index in [1.165, 1.54) is 16.6 Å². The van der Waals surface area contributed by atoms with Crippen LogP contribution in [0.4, 0.5) is 18.9 Å². The fourth-order valence-electron chi connectivity index (χ4n) is 4.33. The lowest BCUT2D eigenvalue weighted by atomic mass is 10.0. The van der Waals surface area contributed by atoms with Gasteiger partial charge in [-0.25, -0.2) is 18.0 Å². The highest BCUT2D eigenvalue weighted by molar-refractivity contribution is 5.94. The summed E-state index contributed by atoms with van der Waals surface area (Å²) in [6, 6.07) is -0.278. The summed E-state index contributed by atoms with van der Waals surface area (Å²) in [6.07, 6.45) is -2.35. The van der Waals surface area contributed by atoms with Gasteiger partial charge < -0.3 is 20.5 Å². The highest BCUT2D eigenvalue weighted by Crippen LogP contribution is 2.46. The van der Waals surface area contributed by atoms with Crippen molar-refractivity contribution in [1.29, 1.82) is 0 Å². The minimum atomic E-state index is -3.28. The Labute approximate surface area is 169 Å². The zero-order valence-electron chi connectivity index (χ0n) is 16.3. The molecule has 0 bridgehead atoms. The van der Waals surface area contributed by atoms with Crippen LogP contribution >= 0.6 is 0 Å². The van der Waals surface area contributed by atoms with Crippen LogP contribution in [-0.2, 0) is 0 Å². The van der Waals surface area contributed by atoms with Crippen LogP contribution in [0.3, 0.4) is 0 Å². The Bertz CT molecular complexity index is 1100. The summed E-state index contributed by atoms with van der Waals surface area (Å²) in [6.45, 7) is 0.478. The molecule has 2 unspecified atom stereocenters. The molecule has 30 heavy (non-hydrogen) atoms. The summed E-state index contributed by atoms with van der Waals surface area (Å²) < 4.78 is 50.0. The van der Waals surface area contributed by atoms with Crippen molar-refractivity contribution in [1.82, 2.24) is 9.55 Å². The molecule has 11 heteroatoms. The van der Waals surface area contributed by atoms with Crippen LogP contribution in [0.5, 0.6) is 5.75 Å². The van der Waals surface area contributed by atoms with E-state index in [1.807, 2.05) is 4.98 Å². The number of aliphatic hydroxyl groups excluding tert-OH is 1. The Kier molecular flexibility index (Phi) is 5.27. The Morgan fingerprint density at radius 3 is 2.57 bits per heavy atom. The van der Waals surface area contributed by atoms with Gasteiger partial charge in [0.05, 0.1) is 24.2 Å². The largest absolute Gasteiger partial charge is 0.492 e. The first kappa shape index (κ1) is 20.7. The number of hydrogen-bond donors (Lipinski definition) is 3. The van der Waals surface area contributed by atoms with Gasteiger partial charge in [0, 0.05) is 31.6 Å². The number of rotatable bonds is 6. The van der Waals surface area contributed by atoms with Crippen LogP contribution < -0.4 is 26.6 Å². The van der Waals surface area contributed by atoms with E-state index < -0.39 is 40.5 Å². The number of nitrogens with one attached hydrogen (secondary N) is 1. The van der Waals surface area contributed by atoms with E-state index in [1.54, 1.807) is 0 Å². The van der Waals surface area contributed by atoms with Crippen molar-refractivity contribution >= 4 is 16.6 Å². The summed E-state index contributed by atoms with van der Waals surface area (Å²) in [7, 11) is 1.24. The van der Waals surface area contributed by atoms with Gasteiger partial charge in [-0.05, 0) is 19.3 Å². The van der Waals surface area contributed by atoms with Gasteiger partial charge in [0.25, 0.3) is 12.0 Å². The van der Waals surface area contributed by atoms with Crippen LogP contribution in [0.2, 0.25) is 0 Å². The number of benzene rings is 1. The number of halogens is 3. The van der Waals surface area contributed by atoms with Gasteiger partial charge in [0.2, 0.25) is 0 Å². The highest BCUT2D eigenvalue weighted by atomic mass is 19.3. The molecule has 2 atom stereocenters. The predicted molar refractivity (Wildman–Crippen MR) is 104 cm³/mol. The van der Waals surface area contributed by atoms with Gasteiger partial charge in [0.1, 0.15) is 11.2 Å². The second kappa shape index (κ2) is 7.62. The van der Waals surface area contributed by atoms with Gasteiger partial charge in [0.15, 0.2) is 11.6 Å². The average Bonchev–Trinajstić information content (AvgIpc) is 3.42. The summed E-state index contributed by atoms with van der Waals surface area (Å²) >= 11 is 0. The third-order valence-corrected chi connectivity index (χ3v) is 5.95. The summed E-state index contributed by atoms with van der Waals surface area (Å²) in [5.41, 5.74) is 2.28. The zero-order chi connectivity index (χ0) is 21.7. The Morgan fingerprint density at radius 1 is 1.30 bits per heavy atom. The molecule has 2 aliphatic rings. The van der Waals surface area contributed by atoms with Crippen molar-refractivity contribution in [3.05, 3.63) is 32.2 Å². The first-order valence-electron chi connectivity index (χ1n) is 9.79. The van der Waals surface area contributed by atoms with Gasteiger partial charge >= 0.3 is 5.69 Å². The molecule has 2 fully saturated rings. The van der Waals surface area contributed by atoms with Crippen LogP contribution in [0, 0.1) is 11.7 Å². The molecule has 1 aliphatic carbocycles. The van der Waals surface area contributed by atoms with Crippen molar-refractivity contribution in [2.24, 2.45) is 11.7 Å². The maximum atomic E-state index is 15.5. The molecule has 0 spiro atoms. The quantitative estimate of drug-likeness (QED) is 0.638. The van der Waals surface area contributed by atoms with E-state index in [9.17, 15) is 23.5 Å². The standard InChI is InChI=1S/C19H23F3N4O4/c1-30-16-14-12(18(28)24-19(29)26(14)9-2-3-9)11(17(21)22)13(20)15(16)25-5-4-8(7-25)10(27)6-23/h8-10,17,27H,2-7,23H2,1H3,(H,24,28,29). The molecule has 164 valence electrons. The molecule has 2 heterocycles. The highest BCUT2D eigenvalue weighted by Gasteiger charge is 2.38. The Balaban J connectivity index is 2.04. The third kappa shape index (κ3) is 3.16. The maximum absolute atomic E-state index is 15.5. The van der Waals surface area contributed by atoms with Crippen molar-refractivity contribution in [3.8, 4) is 5.75 Å². The number of methoxy groups -OCH3 is 1. The summed E-state index contributed by atoms with van der Waals surface area (Å²) in [5, 5.41) is 9.47. The number of H-pyrrole nitrogens is 1. The second-order valence-electron chi connectivity index (χ2n) is 7.79. The molecule has 0 amide bonds. The molecule has 0 radical (unpaired) electrons. The molecule has 1 aliphatic heterocycles. The van der Waals surface area contributed by atoms with Crippen LogP contribution in [0.25, 0.3) is 10.9 Å². The van der Waals surface area contributed by atoms with E-state index in [0.29, 0.717) is 19.3 Å². The lowest BCUT2D eigenvalue weighted by molar-refractivity contribution is 0.126. The first-order chi connectivity index (χ1) is 14.3. The van der Waals surface area contributed by atoms with E-state index in [2.05, 4.69) is 0 Å². The molecule has 1 aromatic carbocycles. The molecular weight excluding hydrogens is 405 g/mol. The Morgan fingerprint density at radius 2 is 2.00 bits per heavy atom. The number of nitrogens with two attached hydrogens (primary N) is 1. The number of hydrogen-bond acceptors (Lipinski definition) is 6. The van der Waals surface area contributed by atoms with E-state index in [0.717, 1.165) is 0 Å². The minimum Gasteiger partial charge on any atom is -0.492 e. The van der Waals surface area contributed by atoms with E-state index in [4.69, 9.17) is 10.5 Å². The molecule has 1 aromatic heterocycles. The number of nitrogens with zero attached hydrogens (tertiary/aromatic N) is 2. The van der Waals surface area contributed by atoms with Gasteiger partial charge in [-0.3, -0.25) is 14.3 Å². The molecule has 8 nitrogen and oxygen atoms in total. The molecule has 1 saturated heterocycles. The van der Waals surface area contributed by atoms with Gasteiger partial charge in [-0.1, -0.05) is 0 Å². The van der Waals surface area contributed by atoms with Gasteiger partial charge in [-0.2, -0.15) is 0 Å². The lowest BCUT2D eigenvalue weighted by Gasteiger charge is -2.26. The first-order valence-corrected chi connectivity index (χ1v) is 9.79. The zero-order valence-corrected chi connectivity index (χ0v) is 16.3. The third-order valence-electron chi connectivity index (χ3n) is 5.95. The van der Waals surface area contributed by atoms with E-state index >= 15 is 4.39 Å². The molecule has 4 N–H and O–H groups in total. The number of aromatic nitrogens is 2. The van der Waals surface area contributed by atoms with Crippen LogP contribution in [0.15, 0.2) is 9.59 Å². The van der Waals surface area contributed by atoms with Crippen molar-refractivity contribution in [3.63, 3.8) is 0 Å². The fourth-order valence-corrected chi connectivity index (χ4v) is 4.33. The van der Waals surface area contributed by atoms with Crippen LogP contribution in [-0.4, -0.2) is 47.5 Å². The number of fused-ring (bicyclic) bond motifs is 1. The van der Waals surface area contributed by atoms with Crippen molar-refractivity contribution in [2.75, 3.05) is 31.6 Å².